The average Bonchev–Trinajstić information content (AvgIpc) is 2.15. The Morgan fingerprint density at radius 3 is 2.54 bits per heavy atom. The second-order valence-corrected chi connectivity index (χ2v) is 2.97. The van der Waals surface area contributed by atoms with Crippen molar-refractivity contribution in [2.75, 3.05) is 0 Å². The first-order valence-corrected chi connectivity index (χ1v) is 4.30. The Hall–Kier alpha value is -1.31. The normalized spacial score (nSPS) is 12.4. The van der Waals surface area contributed by atoms with Crippen LogP contribution in [0.3, 0.4) is 0 Å². The number of benzene rings is 1. The number of hydrogen-bond donors (Lipinski definition) is 1. The maximum Gasteiger partial charge on any atom is 0.307 e. The van der Waals surface area contributed by atoms with Gasteiger partial charge in [-0.2, -0.15) is 0 Å². The lowest BCUT2D eigenvalue weighted by atomic mass is 9.97. The van der Waals surface area contributed by atoms with Crippen molar-refractivity contribution in [3.63, 3.8) is 0 Å². The molecular formula is C11H13O2. The van der Waals surface area contributed by atoms with Gasteiger partial charge in [0.25, 0.3) is 0 Å². The summed E-state index contributed by atoms with van der Waals surface area (Å²) in [7, 11) is 0. The van der Waals surface area contributed by atoms with Gasteiger partial charge in [0.2, 0.25) is 0 Å². The minimum absolute atomic E-state index is 0.373. The number of hydrogen-bond acceptors (Lipinski definition) is 1. The second-order valence-electron chi connectivity index (χ2n) is 2.97. The molecule has 0 aliphatic carbocycles. The van der Waals surface area contributed by atoms with Crippen LogP contribution in [-0.2, 0) is 11.2 Å². The molecule has 0 saturated heterocycles. The van der Waals surface area contributed by atoms with Crippen LogP contribution in [0.15, 0.2) is 30.3 Å². The summed E-state index contributed by atoms with van der Waals surface area (Å²) in [6, 6.07) is 9.65. The highest BCUT2D eigenvalue weighted by molar-refractivity contribution is 5.71. The van der Waals surface area contributed by atoms with Crippen molar-refractivity contribution in [3.8, 4) is 0 Å². The minimum Gasteiger partial charge on any atom is -0.481 e. The van der Waals surface area contributed by atoms with Crippen molar-refractivity contribution in [2.45, 2.75) is 13.3 Å². The number of rotatable bonds is 4. The first-order chi connectivity index (χ1) is 6.24. The third-order valence-electron chi connectivity index (χ3n) is 2.02. The fourth-order valence-electron chi connectivity index (χ4n) is 1.22. The van der Waals surface area contributed by atoms with Crippen molar-refractivity contribution in [2.24, 2.45) is 5.92 Å². The molecular weight excluding hydrogens is 164 g/mol. The van der Waals surface area contributed by atoms with E-state index >= 15 is 0 Å². The van der Waals surface area contributed by atoms with Crippen molar-refractivity contribution >= 4 is 5.97 Å². The van der Waals surface area contributed by atoms with Gasteiger partial charge in [0.05, 0.1) is 5.92 Å². The molecule has 0 aliphatic heterocycles. The Morgan fingerprint density at radius 1 is 1.46 bits per heavy atom. The second kappa shape index (κ2) is 4.65. The van der Waals surface area contributed by atoms with Crippen LogP contribution in [0.1, 0.15) is 12.5 Å². The molecule has 0 fully saturated rings. The van der Waals surface area contributed by atoms with E-state index in [1.54, 1.807) is 13.3 Å². The molecule has 0 aliphatic rings. The van der Waals surface area contributed by atoms with Gasteiger partial charge in [-0.05, 0) is 18.4 Å². The van der Waals surface area contributed by atoms with E-state index in [4.69, 9.17) is 5.11 Å². The maximum atomic E-state index is 10.7. The van der Waals surface area contributed by atoms with Gasteiger partial charge in [-0.1, -0.05) is 37.3 Å². The highest BCUT2D eigenvalue weighted by atomic mass is 16.4. The zero-order valence-corrected chi connectivity index (χ0v) is 7.60. The average molecular weight is 177 g/mol. The van der Waals surface area contributed by atoms with Gasteiger partial charge in [-0.15, -0.1) is 0 Å². The summed E-state index contributed by atoms with van der Waals surface area (Å²) >= 11 is 0. The molecule has 2 nitrogen and oxygen atoms in total. The lowest BCUT2D eigenvalue weighted by molar-refractivity contribution is -0.140. The van der Waals surface area contributed by atoms with Crippen molar-refractivity contribution < 1.29 is 9.90 Å². The summed E-state index contributed by atoms with van der Waals surface area (Å²) in [5.41, 5.74) is 1.06. The van der Waals surface area contributed by atoms with E-state index < -0.39 is 5.97 Å². The summed E-state index contributed by atoms with van der Waals surface area (Å²) in [5.74, 6) is -1.13. The Morgan fingerprint density at radius 2 is 2.08 bits per heavy atom. The zero-order chi connectivity index (χ0) is 9.68. The first-order valence-electron chi connectivity index (χ1n) is 4.30. The van der Waals surface area contributed by atoms with Gasteiger partial charge in [-0.25, -0.2) is 0 Å². The number of carbonyl (C=O) groups is 1. The van der Waals surface area contributed by atoms with Crippen LogP contribution in [0.4, 0.5) is 0 Å². The Balaban J connectivity index is 2.62. The zero-order valence-electron chi connectivity index (χ0n) is 7.60. The van der Waals surface area contributed by atoms with E-state index in [2.05, 4.69) is 0 Å². The van der Waals surface area contributed by atoms with E-state index in [-0.39, 0.29) is 5.92 Å². The molecule has 0 saturated carbocycles. The molecule has 69 valence electrons. The molecule has 2 heteroatoms. The predicted octanol–water partition coefficient (Wildman–Crippen LogP) is 2.15. The summed E-state index contributed by atoms with van der Waals surface area (Å²) < 4.78 is 0. The van der Waals surface area contributed by atoms with Gasteiger partial charge < -0.3 is 5.11 Å². The maximum absolute atomic E-state index is 10.7. The molecule has 0 heterocycles. The minimum atomic E-state index is -0.758. The third kappa shape index (κ3) is 2.90. The summed E-state index contributed by atoms with van der Waals surface area (Å²) in [6.07, 6.45) is 2.29. The SMILES string of the molecule is C[CH]C(Cc1ccccc1)C(=O)O. The van der Waals surface area contributed by atoms with Crippen molar-refractivity contribution in [1.29, 1.82) is 0 Å². The molecule has 1 aromatic rings. The third-order valence-corrected chi connectivity index (χ3v) is 2.02. The van der Waals surface area contributed by atoms with Crippen molar-refractivity contribution in [1.82, 2.24) is 0 Å². The molecule has 1 rings (SSSR count). The van der Waals surface area contributed by atoms with Gasteiger partial charge in [-0.3, -0.25) is 4.79 Å². The van der Waals surface area contributed by atoms with E-state index in [1.807, 2.05) is 30.3 Å². The van der Waals surface area contributed by atoms with Crippen molar-refractivity contribution in [3.05, 3.63) is 42.3 Å². The smallest absolute Gasteiger partial charge is 0.307 e. The Kier molecular flexibility index (Phi) is 3.50. The van der Waals surface area contributed by atoms with Gasteiger partial charge >= 0.3 is 5.97 Å². The standard InChI is InChI=1S/C11H13O2/c1-2-10(11(12)13)8-9-6-4-3-5-7-9/h2-7,10H,8H2,1H3,(H,12,13). The van der Waals surface area contributed by atoms with Crippen LogP contribution in [0.25, 0.3) is 0 Å². The summed E-state index contributed by atoms with van der Waals surface area (Å²) in [6.45, 7) is 1.78. The number of carboxylic acid groups (broad SMARTS) is 1. The fraction of sp³-hybridized carbons (Fsp3) is 0.273. The molecule has 1 aromatic carbocycles. The highest BCUT2D eigenvalue weighted by Gasteiger charge is 2.14. The predicted molar refractivity (Wildman–Crippen MR) is 51.2 cm³/mol. The Bertz CT molecular complexity index is 267. The van der Waals surface area contributed by atoms with Crippen LogP contribution in [0.2, 0.25) is 0 Å². The Labute approximate surface area is 78.2 Å². The molecule has 0 bridgehead atoms. The van der Waals surface area contributed by atoms with Crippen LogP contribution in [0, 0.1) is 12.3 Å². The fourth-order valence-corrected chi connectivity index (χ4v) is 1.22. The lowest BCUT2D eigenvalue weighted by Crippen LogP contribution is -2.15. The largest absolute Gasteiger partial charge is 0.481 e. The number of aliphatic carboxylic acids is 1. The van der Waals surface area contributed by atoms with Crippen LogP contribution in [-0.4, -0.2) is 11.1 Å². The molecule has 1 N–H and O–H groups in total. The first kappa shape index (κ1) is 9.78. The molecule has 13 heavy (non-hydrogen) atoms. The van der Waals surface area contributed by atoms with Crippen LogP contribution in [0.5, 0.6) is 0 Å². The highest BCUT2D eigenvalue weighted by Crippen LogP contribution is 2.11. The van der Waals surface area contributed by atoms with Crippen LogP contribution < -0.4 is 0 Å². The molecule has 1 atom stereocenters. The monoisotopic (exact) mass is 177 g/mol. The molecule has 1 radical (unpaired) electrons. The van der Waals surface area contributed by atoms with E-state index in [1.165, 1.54) is 0 Å². The molecule has 1 unspecified atom stereocenters. The van der Waals surface area contributed by atoms with E-state index in [0.29, 0.717) is 6.42 Å². The van der Waals surface area contributed by atoms with Gasteiger partial charge in [0.15, 0.2) is 0 Å². The van der Waals surface area contributed by atoms with Crippen LogP contribution >= 0.6 is 0 Å². The quantitative estimate of drug-likeness (QED) is 0.765. The van der Waals surface area contributed by atoms with E-state index in [0.717, 1.165) is 5.56 Å². The van der Waals surface area contributed by atoms with E-state index in [9.17, 15) is 4.79 Å². The van der Waals surface area contributed by atoms with Gasteiger partial charge in [0, 0.05) is 0 Å². The lowest BCUT2D eigenvalue weighted by Gasteiger charge is -2.08. The molecule has 0 aromatic heterocycles. The molecule has 0 spiro atoms. The molecule has 0 amide bonds. The summed E-state index contributed by atoms with van der Waals surface area (Å²) in [4.78, 5) is 10.7. The van der Waals surface area contributed by atoms with Gasteiger partial charge in [0.1, 0.15) is 0 Å². The number of carboxylic acids is 1. The summed E-state index contributed by atoms with van der Waals surface area (Å²) in [5, 5.41) is 8.80. The topological polar surface area (TPSA) is 37.3 Å².